The standard InChI is InChI=1S/C28H31BrN4O2S/c1-4-24(32(17-8-16-31(2)3)27(34)21-11-13-22(29)14-12-21)25-30-26-23(15-18-36-26)28(35)33(25)19-20-9-6-5-7-10-20/h5-7,9-15,18,24H,4,8,16-17,19H2,1-3H3. The lowest BCUT2D eigenvalue weighted by Gasteiger charge is -2.33. The maximum absolute atomic E-state index is 13.9. The zero-order valence-electron chi connectivity index (χ0n) is 20.9. The number of fused-ring (bicyclic) bond motifs is 1. The van der Waals surface area contributed by atoms with Crippen LogP contribution in [0.1, 0.15) is 47.6 Å². The van der Waals surface area contributed by atoms with Gasteiger partial charge in [-0.05, 0) is 74.8 Å². The highest BCUT2D eigenvalue weighted by atomic mass is 79.9. The Morgan fingerprint density at radius 3 is 2.44 bits per heavy atom. The number of amides is 1. The second-order valence-electron chi connectivity index (χ2n) is 9.07. The Hall–Kier alpha value is -2.81. The monoisotopic (exact) mass is 566 g/mol. The molecule has 2 heterocycles. The fourth-order valence-electron chi connectivity index (χ4n) is 4.39. The Balaban J connectivity index is 1.81. The summed E-state index contributed by atoms with van der Waals surface area (Å²) >= 11 is 4.92. The summed E-state index contributed by atoms with van der Waals surface area (Å²) in [4.78, 5) is 37.2. The molecule has 0 radical (unpaired) electrons. The molecule has 0 spiro atoms. The summed E-state index contributed by atoms with van der Waals surface area (Å²) in [5.41, 5.74) is 1.57. The highest BCUT2D eigenvalue weighted by Gasteiger charge is 2.29. The Morgan fingerprint density at radius 2 is 1.78 bits per heavy atom. The van der Waals surface area contributed by atoms with Crippen molar-refractivity contribution in [2.45, 2.75) is 32.4 Å². The molecular formula is C28H31BrN4O2S. The van der Waals surface area contributed by atoms with E-state index in [1.54, 1.807) is 4.57 Å². The Kier molecular flexibility index (Phi) is 8.72. The van der Waals surface area contributed by atoms with Crippen molar-refractivity contribution in [3.63, 3.8) is 0 Å². The number of rotatable bonds is 10. The smallest absolute Gasteiger partial charge is 0.262 e. The van der Waals surface area contributed by atoms with Gasteiger partial charge in [0.2, 0.25) is 0 Å². The molecule has 6 nitrogen and oxygen atoms in total. The first kappa shape index (κ1) is 26.3. The topological polar surface area (TPSA) is 58.4 Å². The molecule has 0 N–H and O–H groups in total. The average molecular weight is 568 g/mol. The van der Waals surface area contributed by atoms with Gasteiger partial charge in [-0.2, -0.15) is 0 Å². The second kappa shape index (κ2) is 12.0. The van der Waals surface area contributed by atoms with Gasteiger partial charge in [-0.15, -0.1) is 11.3 Å². The van der Waals surface area contributed by atoms with Crippen LogP contribution in [0.15, 0.2) is 75.3 Å². The minimum Gasteiger partial charge on any atom is -0.328 e. The number of hydrogen-bond acceptors (Lipinski definition) is 5. The number of carbonyl (C=O) groups is 1. The first-order valence-electron chi connectivity index (χ1n) is 12.1. The highest BCUT2D eigenvalue weighted by Crippen LogP contribution is 2.28. The van der Waals surface area contributed by atoms with Crippen molar-refractivity contribution < 1.29 is 4.79 Å². The first-order valence-corrected chi connectivity index (χ1v) is 13.8. The Labute approximate surface area is 224 Å². The molecule has 4 rings (SSSR count). The van der Waals surface area contributed by atoms with Crippen LogP contribution in [0.3, 0.4) is 0 Å². The van der Waals surface area contributed by atoms with Crippen LogP contribution in [0.2, 0.25) is 0 Å². The van der Waals surface area contributed by atoms with Crippen molar-refractivity contribution in [3.05, 3.63) is 97.8 Å². The summed E-state index contributed by atoms with van der Waals surface area (Å²) < 4.78 is 2.68. The van der Waals surface area contributed by atoms with E-state index >= 15 is 0 Å². The lowest BCUT2D eigenvalue weighted by molar-refractivity contribution is 0.0649. The molecule has 188 valence electrons. The van der Waals surface area contributed by atoms with Gasteiger partial charge in [-0.1, -0.05) is 53.2 Å². The molecule has 0 aliphatic carbocycles. The second-order valence-corrected chi connectivity index (χ2v) is 10.9. The number of thiophene rings is 1. The number of hydrogen-bond donors (Lipinski definition) is 0. The van der Waals surface area contributed by atoms with Crippen LogP contribution in [0.25, 0.3) is 10.2 Å². The SMILES string of the molecule is CCC(c1nc2sccc2c(=O)n1Cc1ccccc1)N(CCCN(C)C)C(=O)c1ccc(Br)cc1. The number of aromatic nitrogens is 2. The summed E-state index contributed by atoms with van der Waals surface area (Å²) in [6.45, 7) is 3.88. The zero-order valence-corrected chi connectivity index (χ0v) is 23.3. The van der Waals surface area contributed by atoms with E-state index in [0.29, 0.717) is 41.1 Å². The van der Waals surface area contributed by atoms with E-state index < -0.39 is 0 Å². The maximum atomic E-state index is 13.9. The lowest BCUT2D eigenvalue weighted by atomic mass is 10.1. The maximum Gasteiger partial charge on any atom is 0.262 e. The van der Waals surface area contributed by atoms with E-state index in [-0.39, 0.29) is 17.5 Å². The van der Waals surface area contributed by atoms with Crippen molar-refractivity contribution in [2.24, 2.45) is 0 Å². The van der Waals surface area contributed by atoms with E-state index in [2.05, 4.69) is 27.8 Å². The number of benzene rings is 2. The van der Waals surface area contributed by atoms with Gasteiger partial charge in [0.05, 0.1) is 18.0 Å². The van der Waals surface area contributed by atoms with Gasteiger partial charge >= 0.3 is 0 Å². The van der Waals surface area contributed by atoms with E-state index in [1.807, 2.05) is 85.0 Å². The minimum atomic E-state index is -0.341. The Morgan fingerprint density at radius 1 is 1.06 bits per heavy atom. The molecule has 8 heteroatoms. The molecule has 1 amide bonds. The van der Waals surface area contributed by atoms with Crippen molar-refractivity contribution in [1.29, 1.82) is 0 Å². The summed E-state index contributed by atoms with van der Waals surface area (Å²) in [7, 11) is 4.06. The summed E-state index contributed by atoms with van der Waals surface area (Å²) in [5.74, 6) is 0.580. The molecule has 2 aromatic carbocycles. The van der Waals surface area contributed by atoms with Crippen LogP contribution in [-0.2, 0) is 6.54 Å². The molecule has 2 aromatic heterocycles. The van der Waals surface area contributed by atoms with Crippen LogP contribution >= 0.6 is 27.3 Å². The molecule has 1 unspecified atom stereocenters. The van der Waals surface area contributed by atoms with Crippen molar-refractivity contribution in [2.75, 3.05) is 27.2 Å². The van der Waals surface area contributed by atoms with Crippen LogP contribution in [0.5, 0.6) is 0 Å². The van der Waals surface area contributed by atoms with E-state index in [4.69, 9.17) is 4.98 Å². The van der Waals surface area contributed by atoms with Gasteiger partial charge in [0.25, 0.3) is 11.5 Å². The van der Waals surface area contributed by atoms with Gasteiger partial charge in [-0.3, -0.25) is 14.2 Å². The minimum absolute atomic E-state index is 0.0557. The Bertz CT molecular complexity index is 1370. The van der Waals surface area contributed by atoms with Crippen molar-refractivity contribution in [1.82, 2.24) is 19.4 Å². The summed E-state index contributed by atoms with van der Waals surface area (Å²) in [6.07, 6.45) is 1.46. The third kappa shape index (κ3) is 5.94. The van der Waals surface area contributed by atoms with Crippen LogP contribution in [0, 0.1) is 0 Å². The largest absolute Gasteiger partial charge is 0.328 e. The van der Waals surface area contributed by atoms with Crippen LogP contribution in [-0.4, -0.2) is 52.4 Å². The number of nitrogens with zero attached hydrogens (tertiary/aromatic N) is 4. The molecule has 0 aliphatic rings. The predicted molar refractivity (Wildman–Crippen MR) is 151 cm³/mol. The quantitative estimate of drug-likeness (QED) is 0.243. The summed E-state index contributed by atoms with van der Waals surface area (Å²) in [6, 6.07) is 18.9. The van der Waals surface area contributed by atoms with Crippen molar-refractivity contribution in [3.8, 4) is 0 Å². The normalized spacial score (nSPS) is 12.2. The van der Waals surface area contributed by atoms with Crippen molar-refractivity contribution >= 4 is 43.4 Å². The average Bonchev–Trinajstić information content (AvgIpc) is 3.35. The van der Waals surface area contributed by atoms with E-state index in [0.717, 1.165) is 23.0 Å². The van der Waals surface area contributed by atoms with E-state index in [1.165, 1.54) is 11.3 Å². The fourth-order valence-corrected chi connectivity index (χ4v) is 5.42. The highest BCUT2D eigenvalue weighted by molar-refractivity contribution is 9.10. The van der Waals surface area contributed by atoms with E-state index in [9.17, 15) is 9.59 Å². The lowest BCUT2D eigenvalue weighted by Crippen LogP contribution is -2.40. The molecule has 36 heavy (non-hydrogen) atoms. The molecule has 0 fully saturated rings. The van der Waals surface area contributed by atoms with Gasteiger partial charge < -0.3 is 9.80 Å². The molecule has 1 atom stereocenters. The van der Waals surface area contributed by atoms with Gasteiger partial charge in [0, 0.05) is 16.6 Å². The van der Waals surface area contributed by atoms with Gasteiger partial charge in [-0.25, -0.2) is 4.98 Å². The van der Waals surface area contributed by atoms with Crippen LogP contribution in [0.4, 0.5) is 0 Å². The predicted octanol–water partition coefficient (Wildman–Crippen LogP) is 5.81. The summed E-state index contributed by atoms with van der Waals surface area (Å²) in [5, 5.41) is 2.52. The first-order chi connectivity index (χ1) is 17.4. The van der Waals surface area contributed by atoms with Gasteiger partial charge in [0.1, 0.15) is 10.7 Å². The number of carbonyl (C=O) groups excluding carboxylic acids is 1. The fraction of sp³-hybridized carbons (Fsp3) is 0.321. The molecule has 4 aromatic rings. The zero-order chi connectivity index (χ0) is 25.7. The van der Waals surface area contributed by atoms with Gasteiger partial charge in [0.15, 0.2) is 0 Å². The molecule has 0 saturated carbocycles. The molecular weight excluding hydrogens is 536 g/mol. The number of halogens is 1. The third-order valence-electron chi connectivity index (χ3n) is 6.21. The molecule has 0 bridgehead atoms. The molecule has 0 aliphatic heterocycles. The molecule has 0 saturated heterocycles. The van der Waals surface area contributed by atoms with Crippen LogP contribution < -0.4 is 5.56 Å². The third-order valence-corrected chi connectivity index (χ3v) is 7.55.